The zero-order valence-corrected chi connectivity index (χ0v) is 18.0. The fourth-order valence-corrected chi connectivity index (χ4v) is 5.15. The van der Waals surface area contributed by atoms with Gasteiger partial charge in [-0.15, -0.1) is 0 Å². The third-order valence-electron chi connectivity index (χ3n) is 6.67. The van der Waals surface area contributed by atoms with E-state index < -0.39 is 0 Å². The Hall–Kier alpha value is -2.34. The first-order valence-corrected chi connectivity index (χ1v) is 10.7. The first-order chi connectivity index (χ1) is 14.0. The third kappa shape index (κ3) is 3.78. The van der Waals surface area contributed by atoms with Gasteiger partial charge in [-0.1, -0.05) is 25.5 Å². The average molecular weight is 397 g/mol. The molecule has 1 aromatic carbocycles. The molecule has 0 bridgehead atoms. The lowest BCUT2D eigenvalue weighted by Crippen LogP contribution is -2.48. The van der Waals surface area contributed by atoms with E-state index in [1.165, 1.54) is 5.56 Å². The summed E-state index contributed by atoms with van der Waals surface area (Å²) in [5.41, 5.74) is 3.05. The van der Waals surface area contributed by atoms with Crippen LogP contribution in [0.3, 0.4) is 0 Å². The van der Waals surface area contributed by atoms with Crippen LogP contribution in [0.15, 0.2) is 30.3 Å². The van der Waals surface area contributed by atoms with Crippen molar-refractivity contribution in [1.82, 2.24) is 19.6 Å². The molecule has 2 aromatic rings. The van der Waals surface area contributed by atoms with Crippen molar-refractivity contribution in [2.24, 2.45) is 13.0 Å². The number of carbonyl (C=O) groups is 1. The Morgan fingerprint density at radius 1 is 1.21 bits per heavy atom. The van der Waals surface area contributed by atoms with Crippen LogP contribution in [0.25, 0.3) is 0 Å². The quantitative estimate of drug-likeness (QED) is 0.780. The monoisotopic (exact) mass is 396 g/mol. The molecule has 0 N–H and O–H groups in total. The zero-order chi connectivity index (χ0) is 20.5. The van der Waals surface area contributed by atoms with E-state index in [0.717, 1.165) is 50.3 Å². The predicted molar refractivity (Wildman–Crippen MR) is 113 cm³/mol. The number of hydrogen-bond donors (Lipinski definition) is 0. The highest BCUT2D eigenvalue weighted by Crippen LogP contribution is 2.41. The Kier molecular flexibility index (Phi) is 5.63. The van der Waals surface area contributed by atoms with Gasteiger partial charge < -0.3 is 14.5 Å². The highest BCUT2D eigenvalue weighted by molar-refractivity contribution is 5.92. The van der Waals surface area contributed by atoms with Gasteiger partial charge in [-0.3, -0.25) is 9.48 Å². The molecule has 6 nitrogen and oxygen atoms in total. The standard InChI is InChI=1S/C23H32N4O2/c1-5-6-17-13-22(26(3)24-17)23(28)27-12-11-21-20(15-27)19(14-25(21)2)16-7-9-18(29-4)10-8-16/h7-10,13,19-21H,5-6,11-12,14-15H2,1-4H3/t19-,20-,21-/m1/s1. The van der Waals surface area contributed by atoms with Crippen LogP contribution in [-0.2, 0) is 13.5 Å². The molecule has 156 valence electrons. The van der Waals surface area contributed by atoms with E-state index in [1.807, 2.05) is 30.1 Å². The van der Waals surface area contributed by atoms with Crippen LogP contribution in [0.2, 0.25) is 0 Å². The van der Waals surface area contributed by atoms with E-state index in [1.54, 1.807) is 11.8 Å². The van der Waals surface area contributed by atoms with E-state index in [9.17, 15) is 4.79 Å². The van der Waals surface area contributed by atoms with E-state index in [2.05, 4.69) is 36.1 Å². The van der Waals surface area contributed by atoms with Crippen molar-refractivity contribution in [3.63, 3.8) is 0 Å². The van der Waals surface area contributed by atoms with Gasteiger partial charge in [0.1, 0.15) is 11.4 Å². The van der Waals surface area contributed by atoms with Crippen LogP contribution in [0.4, 0.5) is 0 Å². The fraction of sp³-hybridized carbons (Fsp3) is 0.565. The molecule has 2 aliphatic rings. The summed E-state index contributed by atoms with van der Waals surface area (Å²) in [5, 5.41) is 4.52. The second kappa shape index (κ2) is 8.19. The number of benzene rings is 1. The SMILES string of the molecule is CCCc1cc(C(=O)N2CC[C@@H]3[C@H](C2)[C@@H](c2ccc(OC)cc2)CN3C)n(C)n1. The predicted octanol–water partition coefficient (Wildman–Crippen LogP) is 2.94. The molecule has 1 aromatic heterocycles. The Morgan fingerprint density at radius 3 is 2.66 bits per heavy atom. The molecule has 6 heteroatoms. The van der Waals surface area contributed by atoms with Crippen molar-refractivity contribution < 1.29 is 9.53 Å². The molecule has 0 spiro atoms. The van der Waals surface area contributed by atoms with E-state index in [-0.39, 0.29) is 5.91 Å². The summed E-state index contributed by atoms with van der Waals surface area (Å²) >= 11 is 0. The molecule has 29 heavy (non-hydrogen) atoms. The number of nitrogens with zero attached hydrogens (tertiary/aromatic N) is 4. The summed E-state index contributed by atoms with van der Waals surface area (Å²) in [7, 11) is 5.79. The Balaban J connectivity index is 1.53. The highest BCUT2D eigenvalue weighted by Gasteiger charge is 2.44. The van der Waals surface area contributed by atoms with E-state index in [0.29, 0.717) is 23.6 Å². The summed E-state index contributed by atoms with van der Waals surface area (Å²) < 4.78 is 7.07. The minimum Gasteiger partial charge on any atom is -0.497 e. The zero-order valence-electron chi connectivity index (χ0n) is 18.0. The number of methoxy groups -OCH3 is 1. The Bertz CT molecular complexity index is 860. The van der Waals surface area contributed by atoms with Crippen LogP contribution < -0.4 is 4.74 Å². The van der Waals surface area contributed by atoms with Crippen molar-refractivity contribution in [3.05, 3.63) is 47.3 Å². The lowest BCUT2D eigenvalue weighted by molar-refractivity contribution is 0.0597. The molecule has 2 fully saturated rings. The van der Waals surface area contributed by atoms with E-state index >= 15 is 0 Å². The number of rotatable bonds is 5. The number of hydrogen-bond acceptors (Lipinski definition) is 4. The van der Waals surface area contributed by atoms with Crippen LogP contribution in [-0.4, -0.2) is 65.3 Å². The maximum Gasteiger partial charge on any atom is 0.272 e. The van der Waals surface area contributed by atoms with Gasteiger partial charge in [0.2, 0.25) is 0 Å². The molecule has 1 amide bonds. The summed E-state index contributed by atoms with van der Waals surface area (Å²) in [4.78, 5) is 17.8. The van der Waals surface area contributed by atoms with Gasteiger partial charge in [0.25, 0.3) is 5.91 Å². The summed E-state index contributed by atoms with van der Waals surface area (Å²) in [6, 6.07) is 10.9. The van der Waals surface area contributed by atoms with Gasteiger partial charge in [-0.25, -0.2) is 0 Å². The number of piperidine rings is 1. The normalized spacial score (nSPS) is 24.6. The van der Waals surface area contributed by atoms with Crippen LogP contribution in [0, 0.1) is 5.92 Å². The largest absolute Gasteiger partial charge is 0.497 e. The molecule has 0 unspecified atom stereocenters. The molecule has 0 radical (unpaired) electrons. The molecule has 2 aliphatic heterocycles. The first-order valence-electron chi connectivity index (χ1n) is 10.7. The number of aromatic nitrogens is 2. The maximum atomic E-state index is 13.3. The van der Waals surface area contributed by atoms with Crippen LogP contribution >= 0.6 is 0 Å². The lowest BCUT2D eigenvalue weighted by atomic mass is 9.81. The lowest BCUT2D eigenvalue weighted by Gasteiger charge is -2.38. The highest BCUT2D eigenvalue weighted by atomic mass is 16.5. The van der Waals surface area contributed by atoms with E-state index in [4.69, 9.17) is 4.74 Å². The van der Waals surface area contributed by atoms with Crippen molar-refractivity contribution in [3.8, 4) is 5.75 Å². The number of likely N-dealkylation sites (tertiary alicyclic amines) is 2. The number of carbonyl (C=O) groups excluding carboxylic acids is 1. The molecule has 0 saturated carbocycles. The first kappa shape index (κ1) is 20.0. The average Bonchev–Trinajstić information content (AvgIpc) is 3.27. The number of amides is 1. The van der Waals surface area contributed by atoms with Gasteiger partial charge in [0, 0.05) is 44.6 Å². The summed E-state index contributed by atoms with van der Waals surface area (Å²) in [5.74, 6) is 1.89. The van der Waals surface area contributed by atoms with Crippen molar-refractivity contribution in [1.29, 1.82) is 0 Å². The van der Waals surface area contributed by atoms with Gasteiger partial charge >= 0.3 is 0 Å². The molecule has 0 aliphatic carbocycles. The van der Waals surface area contributed by atoms with Gasteiger partial charge in [0.05, 0.1) is 12.8 Å². The smallest absolute Gasteiger partial charge is 0.272 e. The molecule has 3 heterocycles. The summed E-state index contributed by atoms with van der Waals surface area (Å²) in [6.45, 7) is 4.79. The minimum atomic E-state index is 0.115. The second-order valence-electron chi connectivity index (χ2n) is 8.48. The third-order valence-corrected chi connectivity index (χ3v) is 6.67. The van der Waals surface area contributed by atoms with Crippen LogP contribution in [0.1, 0.15) is 47.4 Å². The molecule has 3 atom stereocenters. The molecular weight excluding hydrogens is 364 g/mol. The van der Waals surface area contributed by atoms with Crippen molar-refractivity contribution in [2.45, 2.75) is 38.1 Å². The fourth-order valence-electron chi connectivity index (χ4n) is 5.15. The minimum absolute atomic E-state index is 0.115. The van der Waals surface area contributed by atoms with Crippen LogP contribution in [0.5, 0.6) is 5.75 Å². The Labute approximate surface area is 173 Å². The van der Waals surface area contributed by atoms with Gasteiger partial charge in [-0.2, -0.15) is 5.10 Å². The topological polar surface area (TPSA) is 50.6 Å². The Morgan fingerprint density at radius 2 is 1.97 bits per heavy atom. The second-order valence-corrected chi connectivity index (χ2v) is 8.48. The number of ether oxygens (including phenoxy) is 1. The molecular formula is C23H32N4O2. The van der Waals surface area contributed by atoms with Crippen molar-refractivity contribution in [2.75, 3.05) is 33.8 Å². The maximum absolute atomic E-state index is 13.3. The number of aryl methyl sites for hydroxylation is 2. The molecule has 2 saturated heterocycles. The summed E-state index contributed by atoms with van der Waals surface area (Å²) in [6.07, 6.45) is 2.98. The van der Waals surface area contributed by atoms with Gasteiger partial charge in [0.15, 0.2) is 0 Å². The number of likely N-dealkylation sites (N-methyl/N-ethyl adjacent to an activating group) is 1. The van der Waals surface area contributed by atoms with Gasteiger partial charge in [-0.05, 0) is 43.7 Å². The number of fused-ring (bicyclic) bond motifs is 1. The van der Waals surface area contributed by atoms with Crippen molar-refractivity contribution >= 4 is 5.91 Å². The molecule has 4 rings (SSSR count).